The summed E-state index contributed by atoms with van der Waals surface area (Å²) in [6.45, 7) is 2.17. The molecule has 4 aromatic rings. The van der Waals surface area contributed by atoms with Crippen molar-refractivity contribution < 1.29 is 0 Å². The topological polar surface area (TPSA) is 0 Å². The van der Waals surface area contributed by atoms with Gasteiger partial charge in [0.15, 0.2) is 0 Å². The second kappa shape index (κ2) is 6.78. The number of aryl methyl sites for hydroxylation is 1. The van der Waals surface area contributed by atoms with Gasteiger partial charge in [-0.1, -0.05) is 97.1 Å². The van der Waals surface area contributed by atoms with E-state index in [1.807, 2.05) is 6.07 Å². The second-order valence-electron chi connectivity index (χ2n) is 6.38. The third kappa shape index (κ3) is 3.39. The summed E-state index contributed by atoms with van der Waals surface area (Å²) in [6, 6.07) is 32.4. The van der Waals surface area contributed by atoms with E-state index in [1.165, 1.54) is 38.2 Å². The van der Waals surface area contributed by atoms with Gasteiger partial charge in [0.2, 0.25) is 0 Å². The SMILES string of the molecule is Cc1ccc2cccc3ccc(ccc1/C=C\c1ccccc1)cc23. The van der Waals surface area contributed by atoms with Gasteiger partial charge in [0.1, 0.15) is 0 Å². The molecule has 0 heterocycles. The van der Waals surface area contributed by atoms with Gasteiger partial charge in [-0.05, 0) is 51.2 Å². The van der Waals surface area contributed by atoms with E-state index in [4.69, 9.17) is 0 Å². The molecular weight excluding hydrogens is 300 g/mol. The maximum absolute atomic E-state index is 2.27. The molecule has 4 aromatic carbocycles. The van der Waals surface area contributed by atoms with Crippen molar-refractivity contribution in [1.29, 1.82) is 0 Å². The largest absolute Gasteiger partial charge is 0.0622 e. The Kier molecular flexibility index (Phi) is 4.18. The number of hydrogen-bond donors (Lipinski definition) is 0. The predicted octanol–water partition coefficient (Wildman–Crippen LogP) is 7.03. The minimum absolute atomic E-state index is 1.21. The molecule has 0 unspecified atom stereocenters. The van der Waals surface area contributed by atoms with Crippen LogP contribution in [0, 0.1) is 6.92 Å². The molecule has 120 valence electrons. The molecule has 0 amide bonds. The lowest BCUT2D eigenvalue weighted by atomic mass is 10.0. The molecule has 0 aliphatic heterocycles. The van der Waals surface area contributed by atoms with Crippen LogP contribution in [-0.4, -0.2) is 0 Å². The van der Waals surface area contributed by atoms with Gasteiger partial charge in [0.25, 0.3) is 0 Å². The average Bonchev–Trinajstić information content (AvgIpc) is 2.66. The van der Waals surface area contributed by atoms with E-state index in [-0.39, 0.29) is 0 Å². The van der Waals surface area contributed by atoms with E-state index >= 15 is 0 Å². The number of benzene rings is 3. The Balaban J connectivity index is 1.90. The standard InChI is InChI=1S/C25H20/c1-19-10-14-23-8-5-9-24-17-13-21(18-25(23)24)12-16-22(19)15-11-20-6-3-2-4-7-20/h2-18H,1H3/b14-10?,15-11-,16-12?,19-10?,21-12?,22-16?,22-19?,23-14?. The van der Waals surface area contributed by atoms with E-state index in [0.29, 0.717) is 0 Å². The number of hydrogen-bond acceptors (Lipinski definition) is 0. The molecule has 4 rings (SSSR count). The van der Waals surface area contributed by atoms with Gasteiger partial charge >= 0.3 is 0 Å². The first-order valence-corrected chi connectivity index (χ1v) is 8.62. The van der Waals surface area contributed by atoms with Gasteiger partial charge in [-0.2, -0.15) is 0 Å². The van der Waals surface area contributed by atoms with Gasteiger partial charge in [0, 0.05) is 0 Å². The second-order valence-corrected chi connectivity index (χ2v) is 6.38. The summed E-state index contributed by atoms with van der Waals surface area (Å²) in [6.07, 6.45) is 4.36. The van der Waals surface area contributed by atoms with Crippen LogP contribution in [-0.2, 0) is 0 Å². The summed E-state index contributed by atoms with van der Waals surface area (Å²) < 4.78 is 0. The van der Waals surface area contributed by atoms with Crippen LogP contribution < -0.4 is 0 Å². The van der Waals surface area contributed by atoms with E-state index in [9.17, 15) is 0 Å². The van der Waals surface area contributed by atoms with Crippen molar-refractivity contribution in [1.82, 2.24) is 0 Å². The van der Waals surface area contributed by atoms with E-state index < -0.39 is 0 Å². The highest BCUT2D eigenvalue weighted by Gasteiger charge is 1.97. The first-order valence-electron chi connectivity index (χ1n) is 8.62. The van der Waals surface area contributed by atoms with Crippen molar-refractivity contribution in [3.05, 3.63) is 108 Å². The van der Waals surface area contributed by atoms with Gasteiger partial charge in [0.05, 0.1) is 0 Å². The summed E-state index contributed by atoms with van der Waals surface area (Å²) in [5.74, 6) is 0. The van der Waals surface area contributed by atoms with Crippen LogP contribution in [0.2, 0.25) is 0 Å². The van der Waals surface area contributed by atoms with E-state index in [2.05, 4.69) is 104 Å². The third-order valence-corrected chi connectivity index (χ3v) is 4.62. The van der Waals surface area contributed by atoms with Crippen LogP contribution in [0.25, 0.3) is 33.7 Å². The van der Waals surface area contributed by atoms with E-state index in [1.54, 1.807) is 0 Å². The maximum atomic E-state index is 2.27. The van der Waals surface area contributed by atoms with Crippen LogP contribution >= 0.6 is 0 Å². The Labute approximate surface area is 148 Å². The Morgan fingerprint density at radius 3 is 2.12 bits per heavy atom. The fourth-order valence-corrected chi connectivity index (χ4v) is 3.13. The first-order chi connectivity index (χ1) is 12.3. The fraction of sp³-hybridized carbons (Fsp3) is 0.0400. The Hall–Kier alpha value is -3.12. The molecule has 2 bridgehead atoms. The molecule has 0 saturated heterocycles. The molecular formula is C25H20. The summed E-state index contributed by atoms with van der Waals surface area (Å²) in [5, 5.41) is 5.08. The number of rotatable bonds is 2. The Morgan fingerprint density at radius 1 is 0.600 bits per heavy atom. The zero-order valence-electron chi connectivity index (χ0n) is 14.3. The Morgan fingerprint density at radius 2 is 1.32 bits per heavy atom. The van der Waals surface area contributed by atoms with Gasteiger partial charge in [-0.15, -0.1) is 0 Å². The van der Waals surface area contributed by atoms with Crippen LogP contribution in [0.3, 0.4) is 0 Å². The third-order valence-electron chi connectivity index (χ3n) is 4.62. The number of fused-ring (bicyclic) bond motifs is 1. The molecule has 0 spiro atoms. The molecule has 0 nitrogen and oxygen atoms in total. The molecule has 0 aromatic heterocycles. The van der Waals surface area contributed by atoms with Crippen molar-refractivity contribution in [3.63, 3.8) is 0 Å². The lowest BCUT2D eigenvalue weighted by molar-refractivity contribution is 1.47. The molecule has 0 aliphatic rings. The molecule has 0 heteroatoms. The minimum atomic E-state index is 1.21. The molecule has 0 radical (unpaired) electrons. The van der Waals surface area contributed by atoms with Crippen molar-refractivity contribution >= 4 is 33.7 Å². The molecule has 0 fully saturated rings. The minimum Gasteiger partial charge on any atom is -0.0622 e. The first kappa shape index (κ1) is 15.4. The van der Waals surface area contributed by atoms with E-state index in [0.717, 1.165) is 0 Å². The van der Waals surface area contributed by atoms with Crippen molar-refractivity contribution in [3.8, 4) is 0 Å². The quantitative estimate of drug-likeness (QED) is 0.372. The van der Waals surface area contributed by atoms with Crippen molar-refractivity contribution in [2.45, 2.75) is 6.92 Å². The Bertz CT molecular complexity index is 1090. The van der Waals surface area contributed by atoms with Crippen LogP contribution in [0.4, 0.5) is 0 Å². The van der Waals surface area contributed by atoms with Gasteiger partial charge in [-0.3, -0.25) is 0 Å². The molecule has 25 heavy (non-hydrogen) atoms. The maximum Gasteiger partial charge on any atom is -0.0105 e. The molecule has 0 atom stereocenters. The van der Waals surface area contributed by atoms with Gasteiger partial charge in [-0.25, -0.2) is 0 Å². The van der Waals surface area contributed by atoms with Crippen LogP contribution in [0.1, 0.15) is 16.7 Å². The predicted molar refractivity (Wildman–Crippen MR) is 110 cm³/mol. The smallest absolute Gasteiger partial charge is 0.0105 e. The summed E-state index contributed by atoms with van der Waals surface area (Å²) in [4.78, 5) is 0. The highest BCUT2D eigenvalue weighted by molar-refractivity contribution is 6.00. The average molecular weight is 320 g/mol. The highest BCUT2D eigenvalue weighted by Crippen LogP contribution is 2.22. The summed E-state index contributed by atoms with van der Waals surface area (Å²) in [5.41, 5.74) is 3.69. The monoisotopic (exact) mass is 320 g/mol. The molecule has 0 N–H and O–H groups in total. The van der Waals surface area contributed by atoms with Gasteiger partial charge < -0.3 is 0 Å². The lowest BCUT2D eigenvalue weighted by Crippen LogP contribution is -1.79. The summed E-state index contributed by atoms with van der Waals surface area (Å²) in [7, 11) is 0. The zero-order chi connectivity index (χ0) is 17.1. The van der Waals surface area contributed by atoms with Crippen molar-refractivity contribution in [2.24, 2.45) is 0 Å². The zero-order valence-corrected chi connectivity index (χ0v) is 14.3. The highest BCUT2D eigenvalue weighted by atomic mass is 14.0. The molecule has 0 saturated carbocycles. The normalized spacial score (nSPS) is 11.2. The van der Waals surface area contributed by atoms with Crippen molar-refractivity contribution in [2.75, 3.05) is 0 Å². The molecule has 0 aliphatic carbocycles. The summed E-state index contributed by atoms with van der Waals surface area (Å²) >= 11 is 0. The fourth-order valence-electron chi connectivity index (χ4n) is 3.13. The van der Waals surface area contributed by atoms with Crippen LogP contribution in [0.5, 0.6) is 0 Å². The van der Waals surface area contributed by atoms with Crippen LogP contribution in [0.15, 0.2) is 91.0 Å². The lowest BCUT2D eigenvalue weighted by Gasteiger charge is -2.02.